The van der Waals surface area contributed by atoms with Crippen molar-refractivity contribution in [2.24, 2.45) is 0 Å². The first-order chi connectivity index (χ1) is 9.04. The van der Waals surface area contributed by atoms with E-state index in [0.717, 1.165) is 10.9 Å². The molecule has 0 bridgehead atoms. The van der Waals surface area contributed by atoms with Gasteiger partial charge in [-0.25, -0.2) is 9.78 Å². The van der Waals surface area contributed by atoms with E-state index >= 15 is 0 Å². The van der Waals surface area contributed by atoms with Crippen LogP contribution >= 0.6 is 0 Å². The molecule has 8 nitrogen and oxygen atoms in total. The Balaban J connectivity index is 0.000000861. The molecule has 108 valence electrons. The van der Waals surface area contributed by atoms with Crippen molar-refractivity contribution in [2.45, 2.75) is 51.7 Å². The van der Waals surface area contributed by atoms with Crippen LogP contribution in [-0.2, 0) is 4.74 Å². The predicted molar refractivity (Wildman–Crippen MR) is 68.3 cm³/mol. The molecule has 0 saturated carbocycles. The predicted octanol–water partition coefficient (Wildman–Crippen LogP) is -0.724. The highest BCUT2D eigenvalue weighted by Gasteiger charge is 2.43. The third-order valence-electron chi connectivity index (χ3n) is 2.76. The molecule has 2 heterocycles. The molecule has 0 radical (unpaired) electrons. The minimum Gasteiger partial charge on any atom is -0.388 e. The van der Waals surface area contributed by atoms with Gasteiger partial charge in [0.2, 0.25) is 5.95 Å². The summed E-state index contributed by atoms with van der Waals surface area (Å²) in [5.41, 5.74) is 4.58. The maximum Gasteiger partial charge on any atom is 0.354 e. The van der Waals surface area contributed by atoms with Crippen LogP contribution in [0.1, 0.15) is 33.4 Å². The molecule has 0 amide bonds. The van der Waals surface area contributed by atoms with Crippen LogP contribution in [0.4, 0.5) is 5.95 Å². The van der Waals surface area contributed by atoms with Gasteiger partial charge in [0.25, 0.3) is 0 Å². The van der Waals surface area contributed by atoms with Crippen molar-refractivity contribution in [3.63, 3.8) is 0 Å². The van der Waals surface area contributed by atoms with Crippen molar-refractivity contribution < 1.29 is 14.9 Å². The number of ether oxygens (including phenoxy) is 1. The Morgan fingerprint density at radius 2 is 2.05 bits per heavy atom. The molecule has 4 atom stereocenters. The van der Waals surface area contributed by atoms with Gasteiger partial charge < -0.3 is 20.7 Å². The van der Waals surface area contributed by atoms with Gasteiger partial charge in [-0.3, -0.25) is 4.57 Å². The first-order valence-corrected chi connectivity index (χ1v) is 6.26. The van der Waals surface area contributed by atoms with Gasteiger partial charge in [-0.2, -0.15) is 4.98 Å². The van der Waals surface area contributed by atoms with Gasteiger partial charge in [0.1, 0.15) is 18.5 Å². The lowest BCUT2D eigenvalue weighted by molar-refractivity contribution is -0.0410. The largest absolute Gasteiger partial charge is 0.388 e. The Labute approximate surface area is 110 Å². The quantitative estimate of drug-likeness (QED) is 0.648. The van der Waals surface area contributed by atoms with Gasteiger partial charge in [-0.15, -0.1) is 0 Å². The van der Waals surface area contributed by atoms with E-state index in [9.17, 15) is 15.0 Å². The van der Waals surface area contributed by atoms with Crippen molar-refractivity contribution in [1.82, 2.24) is 14.5 Å². The number of hydrogen-bond donors (Lipinski definition) is 3. The average Bonchev–Trinajstić information content (AvgIpc) is 2.69. The number of anilines is 1. The third-order valence-corrected chi connectivity index (χ3v) is 2.76. The van der Waals surface area contributed by atoms with Crippen molar-refractivity contribution in [3.8, 4) is 0 Å². The monoisotopic (exact) mass is 272 g/mol. The van der Waals surface area contributed by atoms with Gasteiger partial charge in [0.05, 0.1) is 6.10 Å². The maximum absolute atomic E-state index is 11.5. The number of aliphatic hydroxyl groups excluding tert-OH is 2. The van der Waals surface area contributed by atoms with E-state index in [2.05, 4.69) is 9.97 Å². The summed E-state index contributed by atoms with van der Waals surface area (Å²) in [6.45, 7) is 5.81. The summed E-state index contributed by atoms with van der Waals surface area (Å²) in [5.74, 6) is -0.147. The minimum absolute atomic E-state index is 0.147. The molecule has 1 saturated heterocycles. The second-order valence-corrected chi connectivity index (χ2v) is 3.86. The van der Waals surface area contributed by atoms with Crippen LogP contribution in [-0.4, -0.2) is 43.1 Å². The second-order valence-electron chi connectivity index (χ2n) is 3.86. The highest BCUT2D eigenvalue weighted by Crippen LogP contribution is 2.29. The molecule has 19 heavy (non-hydrogen) atoms. The van der Waals surface area contributed by atoms with Crippen molar-refractivity contribution in [1.29, 1.82) is 0 Å². The molecule has 0 aromatic carbocycles. The molecule has 1 aliphatic heterocycles. The first kappa shape index (κ1) is 15.5. The molecule has 0 aliphatic carbocycles. The Morgan fingerprint density at radius 1 is 1.42 bits per heavy atom. The van der Waals surface area contributed by atoms with E-state index in [1.165, 1.54) is 0 Å². The number of hydrogen-bond acceptors (Lipinski definition) is 7. The van der Waals surface area contributed by atoms with Crippen molar-refractivity contribution in [2.75, 3.05) is 5.73 Å². The molecular formula is C11H20N4O4. The van der Waals surface area contributed by atoms with Gasteiger partial charge in [-0.05, 0) is 6.42 Å². The average molecular weight is 272 g/mol. The summed E-state index contributed by atoms with van der Waals surface area (Å²) >= 11 is 0. The fourth-order valence-corrected chi connectivity index (χ4v) is 1.83. The Bertz CT molecular complexity index is 464. The molecule has 2 rings (SSSR count). The van der Waals surface area contributed by atoms with Crippen LogP contribution in [0.3, 0.4) is 0 Å². The SMILES string of the molecule is CC.CCC1OC(n2cnc(N)nc2=O)C(O)C1O. The maximum atomic E-state index is 11.5. The zero-order valence-electron chi connectivity index (χ0n) is 11.2. The van der Waals surface area contributed by atoms with Gasteiger partial charge in [0, 0.05) is 0 Å². The fraction of sp³-hybridized carbons (Fsp3) is 0.727. The highest BCUT2D eigenvalue weighted by molar-refractivity contribution is 5.10. The first-order valence-electron chi connectivity index (χ1n) is 6.26. The van der Waals surface area contributed by atoms with E-state index in [1.807, 2.05) is 20.8 Å². The van der Waals surface area contributed by atoms with E-state index in [1.54, 1.807) is 0 Å². The van der Waals surface area contributed by atoms with E-state index < -0.39 is 30.2 Å². The summed E-state index contributed by atoms with van der Waals surface area (Å²) in [4.78, 5) is 18.6. The fourth-order valence-electron chi connectivity index (χ4n) is 1.83. The third kappa shape index (κ3) is 3.09. The number of nitrogens with two attached hydrogens (primary N) is 1. The molecular weight excluding hydrogens is 252 g/mol. The molecule has 0 spiro atoms. The Kier molecular flexibility index (Phi) is 5.40. The summed E-state index contributed by atoms with van der Waals surface area (Å²) in [6, 6.07) is 0. The standard InChI is InChI=1S/C9H14N4O4.C2H6/c1-2-4-5(14)6(15)7(17-4)13-3-11-8(10)12-9(13)16;1-2/h3-7,14-15H,2H2,1H3,(H2,10,12,16);1-2H3. The smallest absolute Gasteiger partial charge is 0.354 e. The number of nitrogen functional groups attached to an aromatic ring is 1. The van der Waals surface area contributed by atoms with Crippen LogP contribution < -0.4 is 11.4 Å². The topological polar surface area (TPSA) is 123 Å². The van der Waals surface area contributed by atoms with Crippen LogP contribution in [0.15, 0.2) is 11.1 Å². The lowest BCUT2D eigenvalue weighted by Crippen LogP contribution is -2.36. The Hall–Kier alpha value is -1.51. The highest BCUT2D eigenvalue weighted by atomic mass is 16.6. The van der Waals surface area contributed by atoms with Crippen molar-refractivity contribution in [3.05, 3.63) is 16.8 Å². The summed E-state index contributed by atoms with van der Waals surface area (Å²) < 4.78 is 6.40. The second kappa shape index (κ2) is 6.60. The lowest BCUT2D eigenvalue weighted by atomic mass is 10.1. The van der Waals surface area contributed by atoms with E-state index in [0.29, 0.717) is 6.42 Å². The summed E-state index contributed by atoms with van der Waals surface area (Å²) in [6.07, 6.45) is -2.05. The lowest BCUT2D eigenvalue weighted by Gasteiger charge is -2.16. The van der Waals surface area contributed by atoms with Gasteiger partial charge in [0.15, 0.2) is 6.23 Å². The summed E-state index contributed by atoms with van der Waals surface area (Å²) in [7, 11) is 0. The molecule has 8 heteroatoms. The molecule has 1 aromatic heterocycles. The number of aliphatic hydroxyl groups is 2. The van der Waals surface area contributed by atoms with Crippen LogP contribution in [0, 0.1) is 0 Å². The van der Waals surface area contributed by atoms with E-state index in [4.69, 9.17) is 10.5 Å². The van der Waals surface area contributed by atoms with Gasteiger partial charge in [-0.1, -0.05) is 20.8 Å². The van der Waals surface area contributed by atoms with Crippen molar-refractivity contribution >= 4 is 5.95 Å². The summed E-state index contributed by atoms with van der Waals surface area (Å²) in [5, 5.41) is 19.5. The zero-order chi connectivity index (χ0) is 14.6. The van der Waals surface area contributed by atoms with Crippen LogP contribution in [0.2, 0.25) is 0 Å². The number of aromatic nitrogens is 3. The number of nitrogens with zero attached hydrogens (tertiary/aromatic N) is 3. The Morgan fingerprint density at radius 3 is 2.53 bits per heavy atom. The minimum atomic E-state index is -1.19. The number of rotatable bonds is 2. The molecule has 4 N–H and O–H groups in total. The van der Waals surface area contributed by atoms with Gasteiger partial charge >= 0.3 is 5.69 Å². The van der Waals surface area contributed by atoms with Crippen LogP contribution in [0.25, 0.3) is 0 Å². The van der Waals surface area contributed by atoms with Crippen LogP contribution in [0.5, 0.6) is 0 Å². The molecule has 1 aliphatic rings. The normalized spacial score (nSPS) is 29.7. The molecule has 4 unspecified atom stereocenters. The molecule has 1 fully saturated rings. The van der Waals surface area contributed by atoms with E-state index in [-0.39, 0.29) is 5.95 Å². The zero-order valence-corrected chi connectivity index (χ0v) is 11.2. The molecule has 1 aromatic rings.